The largest absolute Gasteiger partial charge is 0.481 e. The zero-order valence-corrected chi connectivity index (χ0v) is 23.9. The van der Waals surface area contributed by atoms with Gasteiger partial charge in [-0.05, 0) is 81.2 Å². The van der Waals surface area contributed by atoms with Gasteiger partial charge < -0.3 is 10.0 Å². The maximum absolute atomic E-state index is 11.7. The number of nitrogens with zero attached hydrogens (tertiary/aromatic N) is 4. The molecule has 1 saturated heterocycles. The van der Waals surface area contributed by atoms with Crippen LogP contribution in [0, 0.1) is 12.8 Å². The molecule has 0 bridgehead atoms. The molecule has 6 heteroatoms. The number of fused-ring (bicyclic) bond motifs is 1. The molecular weight excluding hydrogens is 484 g/mol. The van der Waals surface area contributed by atoms with Crippen molar-refractivity contribution in [3.8, 4) is 11.4 Å². The van der Waals surface area contributed by atoms with Gasteiger partial charge >= 0.3 is 5.97 Å². The molecule has 5 rings (SSSR count). The van der Waals surface area contributed by atoms with Crippen LogP contribution >= 0.6 is 0 Å². The first kappa shape index (κ1) is 27.3. The highest BCUT2D eigenvalue weighted by molar-refractivity contribution is 5.71. The molecule has 0 unspecified atom stereocenters. The number of aliphatic carboxylic acids is 1. The Morgan fingerprint density at radius 2 is 1.69 bits per heavy atom. The summed E-state index contributed by atoms with van der Waals surface area (Å²) in [6, 6.07) is 15.7. The third kappa shape index (κ3) is 5.58. The molecule has 2 heterocycles. The molecule has 2 aromatic carbocycles. The van der Waals surface area contributed by atoms with E-state index < -0.39 is 5.97 Å². The number of hydrogen-bond acceptors (Lipinski definition) is 5. The zero-order valence-electron chi connectivity index (χ0n) is 23.9. The van der Waals surface area contributed by atoms with Crippen LogP contribution < -0.4 is 4.90 Å². The average Bonchev–Trinajstić information content (AvgIpc) is 2.97. The lowest BCUT2D eigenvalue weighted by atomic mass is 9.87. The van der Waals surface area contributed by atoms with E-state index in [4.69, 9.17) is 9.97 Å². The monoisotopic (exact) mass is 526 g/mol. The molecule has 0 amide bonds. The van der Waals surface area contributed by atoms with Crippen molar-refractivity contribution in [1.82, 2.24) is 14.9 Å². The number of carboxylic acid groups (broad SMARTS) is 1. The smallest absolute Gasteiger partial charge is 0.306 e. The fraction of sp³-hybridized carbons (Fsp3) is 0.485. The van der Waals surface area contributed by atoms with Crippen LogP contribution in [-0.2, 0) is 30.6 Å². The number of anilines is 1. The number of aryl methyl sites for hydroxylation is 4. The van der Waals surface area contributed by atoms with Crippen LogP contribution in [0.4, 0.5) is 5.82 Å². The summed E-state index contributed by atoms with van der Waals surface area (Å²) in [5.74, 6) is 0.812. The maximum atomic E-state index is 11.7. The van der Waals surface area contributed by atoms with Gasteiger partial charge in [0, 0.05) is 42.5 Å². The summed E-state index contributed by atoms with van der Waals surface area (Å²) in [7, 11) is 2.22. The van der Waals surface area contributed by atoms with E-state index in [1.807, 2.05) is 0 Å². The summed E-state index contributed by atoms with van der Waals surface area (Å²) in [6.45, 7) is 8.66. The summed E-state index contributed by atoms with van der Waals surface area (Å²) in [4.78, 5) is 26.9. The van der Waals surface area contributed by atoms with Gasteiger partial charge in [-0.1, -0.05) is 56.3 Å². The fourth-order valence-corrected chi connectivity index (χ4v) is 6.55. The summed E-state index contributed by atoms with van der Waals surface area (Å²) in [5.41, 5.74) is 8.77. The van der Waals surface area contributed by atoms with Gasteiger partial charge in [0.2, 0.25) is 0 Å². The van der Waals surface area contributed by atoms with E-state index in [2.05, 4.69) is 80.1 Å². The number of piperidine rings is 1. The van der Waals surface area contributed by atoms with E-state index >= 15 is 0 Å². The van der Waals surface area contributed by atoms with Crippen molar-refractivity contribution in [2.75, 3.05) is 25.0 Å². The summed E-state index contributed by atoms with van der Waals surface area (Å²) in [6.07, 6.45) is 6.64. The molecule has 1 atom stereocenters. The van der Waals surface area contributed by atoms with Crippen LogP contribution in [0.25, 0.3) is 11.4 Å². The van der Waals surface area contributed by atoms with Gasteiger partial charge in [-0.2, -0.15) is 0 Å². The van der Waals surface area contributed by atoms with Crippen molar-refractivity contribution in [3.63, 3.8) is 0 Å². The van der Waals surface area contributed by atoms with Crippen molar-refractivity contribution in [2.24, 2.45) is 5.92 Å². The van der Waals surface area contributed by atoms with Gasteiger partial charge in [-0.3, -0.25) is 9.69 Å². The molecule has 0 radical (unpaired) electrons. The number of benzene rings is 2. The lowest BCUT2D eigenvalue weighted by Crippen LogP contribution is -2.38. The predicted octanol–water partition coefficient (Wildman–Crippen LogP) is 6.39. The predicted molar refractivity (Wildman–Crippen MR) is 157 cm³/mol. The van der Waals surface area contributed by atoms with E-state index in [1.165, 1.54) is 28.7 Å². The molecule has 39 heavy (non-hydrogen) atoms. The Morgan fingerprint density at radius 3 is 2.36 bits per heavy atom. The van der Waals surface area contributed by atoms with Gasteiger partial charge in [-0.15, -0.1) is 0 Å². The second-order valence-corrected chi connectivity index (χ2v) is 11.2. The minimum atomic E-state index is -0.686. The van der Waals surface area contributed by atoms with Crippen LogP contribution in [0.1, 0.15) is 79.1 Å². The maximum Gasteiger partial charge on any atom is 0.306 e. The number of carbonyl (C=O) groups is 1. The summed E-state index contributed by atoms with van der Waals surface area (Å²) in [5, 5.41) is 9.59. The van der Waals surface area contributed by atoms with Crippen LogP contribution in [0.2, 0.25) is 0 Å². The Bertz CT molecular complexity index is 1310. The van der Waals surface area contributed by atoms with Crippen molar-refractivity contribution < 1.29 is 9.90 Å². The lowest BCUT2D eigenvalue weighted by molar-refractivity contribution is -0.142. The van der Waals surface area contributed by atoms with E-state index in [1.54, 1.807) is 0 Å². The molecule has 0 saturated carbocycles. The lowest BCUT2D eigenvalue weighted by Gasteiger charge is -2.36. The third-order valence-electron chi connectivity index (χ3n) is 8.84. The molecule has 1 N–H and O–H groups in total. The van der Waals surface area contributed by atoms with Crippen LogP contribution in [0.15, 0.2) is 42.5 Å². The Labute approximate surface area is 233 Å². The molecular formula is C33H42N4O2. The number of carboxylic acids is 1. The molecule has 206 valence electrons. The molecule has 1 fully saturated rings. The number of rotatable bonds is 8. The van der Waals surface area contributed by atoms with Crippen LogP contribution in [0.3, 0.4) is 0 Å². The normalized spacial score (nSPS) is 17.9. The Hall–Kier alpha value is -3.25. The average molecular weight is 527 g/mol. The van der Waals surface area contributed by atoms with Crippen molar-refractivity contribution in [1.29, 1.82) is 0 Å². The SMILES string of the molecule is CCc1cccc(CC)c1-c1nc(C)c(CN(C)[C@H]2CCCc3ccccc32)c(N2CCC(C(=O)O)CC2)n1. The Kier molecular flexibility index (Phi) is 8.31. The first-order valence-electron chi connectivity index (χ1n) is 14.7. The first-order valence-corrected chi connectivity index (χ1v) is 14.7. The van der Waals surface area contributed by atoms with Crippen LogP contribution in [0.5, 0.6) is 0 Å². The highest BCUT2D eigenvalue weighted by Crippen LogP contribution is 2.37. The summed E-state index contributed by atoms with van der Waals surface area (Å²) < 4.78 is 0. The van der Waals surface area contributed by atoms with E-state index in [-0.39, 0.29) is 5.92 Å². The summed E-state index contributed by atoms with van der Waals surface area (Å²) >= 11 is 0. The molecule has 0 spiro atoms. The molecule has 2 aliphatic rings. The molecule has 1 aliphatic carbocycles. The minimum Gasteiger partial charge on any atom is -0.481 e. The van der Waals surface area contributed by atoms with Gasteiger partial charge in [0.25, 0.3) is 0 Å². The second-order valence-electron chi connectivity index (χ2n) is 11.2. The number of hydrogen-bond donors (Lipinski definition) is 1. The van der Waals surface area contributed by atoms with Crippen molar-refractivity contribution in [2.45, 2.75) is 78.3 Å². The molecule has 3 aromatic rings. The van der Waals surface area contributed by atoms with E-state index in [0.717, 1.165) is 60.7 Å². The Morgan fingerprint density at radius 1 is 1.00 bits per heavy atom. The van der Waals surface area contributed by atoms with E-state index in [0.29, 0.717) is 32.0 Å². The minimum absolute atomic E-state index is 0.277. The highest BCUT2D eigenvalue weighted by atomic mass is 16.4. The molecule has 1 aliphatic heterocycles. The van der Waals surface area contributed by atoms with Gasteiger partial charge in [-0.25, -0.2) is 9.97 Å². The third-order valence-corrected chi connectivity index (χ3v) is 8.84. The first-order chi connectivity index (χ1) is 18.9. The van der Waals surface area contributed by atoms with Gasteiger partial charge in [0.05, 0.1) is 5.92 Å². The quantitative estimate of drug-likeness (QED) is 0.367. The Balaban J connectivity index is 1.55. The molecule has 6 nitrogen and oxygen atoms in total. The highest BCUT2D eigenvalue weighted by Gasteiger charge is 2.30. The van der Waals surface area contributed by atoms with E-state index in [9.17, 15) is 9.90 Å². The molecule has 1 aromatic heterocycles. The fourth-order valence-electron chi connectivity index (χ4n) is 6.55. The topological polar surface area (TPSA) is 69.6 Å². The van der Waals surface area contributed by atoms with Gasteiger partial charge in [0.15, 0.2) is 5.82 Å². The van der Waals surface area contributed by atoms with Crippen molar-refractivity contribution in [3.05, 3.63) is 76.0 Å². The van der Waals surface area contributed by atoms with Crippen LogP contribution in [-0.4, -0.2) is 46.1 Å². The standard InChI is InChI=1S/C33H42N4O2/c1-5-23-12-9-13-24(6-2)30(23)31-34-22(3)28(32(35-31)37-19-17-26(18-20-37)33(38)39)21-36(4)29-16-10-14-25-11-7-8-15-27(25)29/h7-9,11-13,15,26,29H,5-6,10,14,16-21H2,1-4H3,(H,38,39)/t29-/m0/s1. The van der Waals surface area contributed by atoms with Crippen molar-refractivity contribution >= 4 is 11.8 Å². The second kappa shape index (κ2) is 11.9. The van der Waals surface area contributed by atoms with Gasteiger partial charge in [0.1, 0.15) is 5.82 Å². The number of aromatic nitrogens is 2. The zero-order chi connectivity index (χ0) is 27.5.